The van der Waals surface area contributed by atoms with Crippen LogP contribution in [-0.4, -0.2) is 118 Å². The molecule has 0 spiro atoms. The first-order valence-corrected chi connectivity index (χ1v) is 8.45. The Hall–Kier alpha value is -0.930. The lowest BCUT2D eigenvalue weighted by Crippen LogP contribution is -2.67. The maximum absolute atomic E-state index is 11.4. The smallest absolute Gasteiger partial charge is 0.217 e. The molecule has 12 heteroatoms. The number of rotatable bonds is 6. The van der Waals surface area contributed by atoms with Crippen LogP contribution in [0.3, 0.4) is 0 Å². The summed E-state index contributed by atoms with van der Waals surface area (Å²) in [5, 5.41) is 61.9. The van der Waals surface area contributed by atoms with Gasteiger partial charge in [-0.25, -0.2) is 0 Å². The molecule has 2 aliphatic rings. The quantitative estimate of drug-likeness (QED) is 0.228. The lowest BCUT2D eigenvalue weighted by Gasteiger charge is -2.47. The van der Waals surface area contributed by atoms with E-state index in [4.69, 9.17) is 18.9 Å². The molecule has 2 fully saturated rings. The molecule has 0 saturated carbocycles. The van der Waals surface area contributed by atoms with E-state index in [1.54, 1.807) is 0 Å². The molecule has 0 radical (unpaired) electrons. The molecule has 10 atom stereocenters. The molecular formula is C15H27NO11. The van der Waals surface area contributed by atoms with E-state index in [9.17, 15) is 35.4 Å². The molecule has 7 N–H and O–H groups in total. The Balaban J connectivity index is 2.24. The Labute approximate surface area is 155 Å². The normalized spacial score (nSPS) is 45.5. The molecule has 0 unspecified atom stereocenters. The Morgan fingerprint density at radius 1 is 0.963 bits per heavy atom. The highest BCUT2D eigenvalue weighted by atomic mass is 16.7. The number of carbonyl (C=O) groups excluding carboxylic acids is 1. The average molecular weight is 397 g/mol. The average Bonchev–Trinajstić information content (AvgIpc) is 2.62. The maximum Gasteiger partial charge on any atom is 0.217 e. The molecule has 2 heterocycles. The summed E-state index contributed by atoms with van der Waals surface area (Å²) >= 11 is 0. The van der Waals surface area contributed by atoms with Crippen molar-refractivity contribution < 1.29 is 54.4 Å². The lowest BCUT2D eigenvalue weighted by molar-refractivity contribution is -0.343. The van der Waals surface area contributed by atoms with Gasteiger partial charge in [-0.2, -0.15) is 0 Å². The standard InChI is InChI=1S/C15H27NO11/c1-5(19)16-8-12(9(20)6(3-17)25-14(8)23)27-15-11(22)13(24-2)10(21)7(4-18)26-15/h6-15,17-18,20-23H,3-4H2,1-2H3,(H,16,19)/t6-,7-,8-,9+,10+,11-,12-,13+,14-,15+/m1/s1. The van der Waals surface area contributed by atoms with Crippen LogP contribution in [0, 0.1) is 0 Å². The second-order valence-electron chi connectivity index (χ2n) is 6.47. The largest absolute Gasteiger partial charge is 0.394 e. The zero-order valence-corrected chi connectivity index (χ0v) is 14.9. The van der Waals surface area contributed by atoms with Gasteiger partial charge < -0.3 is 54.9 Å². The monoisotopic (exact) mass is 397 g/mol. The maximum atomic E-state index is 11.4. The van der Waals surface area contributed by atoms with E-state index < -0.39 is 80.5 Å². The number of hydrogen-bond donors (Lipinski definition) is 7. The van der Waals surface area contributed by atoms with Crippen LogP contribution in [0.4, 0.5) is 0 Å². The number of carbonyl (C=O) groups is 1. The van der Waals surface area contributed by atoms with E-state index in [0.717, 1.165) is 0 Å². The van der Waals surface area contributed by atoms with Gasteiger partial charge in [-0.05, 0) is 0 Å². The van der Waals surface area contributed by atoms with Crippen molar-refractivity contribution in [3.8, 4) is 0 Å². The van der Waals surface area contributed by atoms with Gasteiger partial charge in [-0.15, -0.1) is 0 Å². The van der Waals surface area contributed by atoms with Crippen molar-refractivity contribution in [2.75, 3.05) is 20.3 Å². The number of amides is 1. The van der Waals surface area contributed by atoms with Crippen molar-refractivity contribution in [1.82, 2.24) is 5.32 Å². The molecule has 27 heavy (non-hydrogen) atoms. The van der Waals surface area contributed by atoms with Crippen LogP contribution < -0.4 is 5.32 Å². The second kappa shape index (κ2) is 9.52. The van der Waals surface area contributed by atoms with E-state index in [2.05, 4.69) is 5.32 Å². The number of aliphatic hydroxyl groups excluding tert-OH is 6. The van der Waals surface area contributed by atoms with E-state index in [1.165, 1.54) is 14.0 Å². The van der Waals surface area contributed by atoms with Crippen LogP contribution in [-0.2, 0) is 23.7 Å². The summed E-state index contributed by atoms with van der Waals surface area (Å²) in [7, 11) is 1.24. The molecule has 0 aromatic rings. The molecule has 0 aromatic heterocycles. The highest BCUT2D eigenvalue weighted by molar-refractivity contribution is 5.73. The molecule has 1 amide bonds. The predicted octanol–water partition coefficient (Wildman–Crippen LogP) is -4.60. The fraction of sp³-hybridized carbons (Fsp3) is 0.933. The van der Waals surface area contributed by atoms with Crippen molar-refractivity contribution in [2.24, 2.45) is 0 Å². The Kier molecular flexibility index (Phi) is 7.88. The topological polar surface area (TPSA) is 187 Å². The van der Waals surface area contributed by atoms with Gasteiger partial charge in [0.05, 0.1) is 13.2 Å². The third kappa shape index (κ3) is 4.74. The minimum absolute atomic E-state index is 0.547. The number of ether oxygens (including phenoxy) is 4. The van der Waals surface area contributed by atoms with Crippen LogP contribution in [0.5, 0.6) is 0 Å². The number of aliphatic hydroxyl groups is 6. The van der Waals surface area contributed by atoms with Gasteiger partial charge in [0.1, 0.15) is 48.8 Å². The first kappa shape index (κ1) is 22.4. The summed E-state index contributed by atoms with van der Waals surface area (Å²) in [6, 6.07) is -1.24. The van der Waals surface area contributed by atoms with Crippen molar-refractivity contribution in [2.45, 2.75) is 68.3 Å². The van der Waals surface area contributed by atoms with Gasteiger partial charge in [-0.3, -0.25) is 4.79 Å². The minimum Gasteiger partial charge on any atom is -0.394 e. The second-order valence-corrected chi connectivity index (χ2v) is 6.47. The minimum atomic E-state index is -1.61. The van der Waals surface area contributed by atoms with Crippen molar-refractivity contribution in [3.63, 3.8) is 0 Å². The van der Waals surface area contributed by atoms with Crippen molar-refractivity contribution >= 4 is 5.91 Å². The molecule has 2 rings (SSSR count). The number of methoxy groups -OCH3 is 1. The summed E-state index contributed by atoms with van der Waals surface area (Å²) < 4.78 is 21.0. The van der Waals surface area contributed by atoms with Crippen LogP contribution in [0.2, 0.25) is 0 Å². The zero-order valence-electron chi connectivity index (χ0n) is 14.9. The Morgan fingerprint density at radius 2 is 1.52 bits per heavy atom. The highest BCUT2D eigenvalue weighted by Crippen LogP contribution is 2.29. The van der Waals surface area contributed by atoms with Gasteiger partial charge >= 0.3 is 0 Å². The molecule has 12 nitrogen and oxygen atoms in total. The molecule has 0 bridgehead atoms. The van der Waals surface area contributed by atoms with Crippen molar-refractivity contribution in [3.05, 3.63) is 0 Å². The van der Waals surface area contributed by atoms with Crippen LogP contribution in [0.1, 0.15) is 6.92 Å². The lowest BCUT2D eigenvalue weighted by atomic mass is 9.95. The van der Waals surface area contributed by atoms with Crippen molar-refractivity contribution in [1.29, 1.82) is 0 Å². The summed E-state index contributed by atoms with van der Waals surface area (Å²) in [5.74, 6) is -0.547. The number of nitrogens with one attached hydrogen (secondary N) is 1. The summed E-state index contributed by atoms with van der Waals surface area (Å²) in [5.41, 5.74) is 0. The van der Waals surface area contributed by atoms with Crippen LogP contribution in [0.15, 0.2) is 0 Å². The molecule has 158 valence electrons. The van der Waals surface area contributed by atoms with E-state index >= 15 is 0 Å². The Bertz CT molecular complexity index is 494. The summed E-state index contributed by atoms with van der Waals surface area (Å²) in [4.78, 5) is 11.4. The zero-order chi connectivity index (χ0) is 20.3. The SMILES string of the molecule is CO[C@H]1[C@@H](O)[C@@H](CO)O[C@@H](O[C@H]2[C@@H](O)[C@@H](CO)O[C@@H](O)[C@@H]2NC(C)=O)[C@@H]1O. The first-order valence-electron chi connectivity index (χ1n) is 8.45. The van der Waals surface area contributed by atoms with E-state index in [0.29, 0.717) is 0 Å². The fourth-order valence-corrected chi connectivity index (χ4v) is 3.23. The Morgan fingerprint density at radius 3 is 2.04 bits per heavy atom. The van der Waals surface area contributed by atoms with Gasteiger partial charge in [0.25, 0.3) is 0 Å². The molecule has 2 saturated heterocycles. The van der Waals surface area contributed by atoms with Gasteiger partial charge in [0.15, 0.2) is 12.6 Å². The molecule has 0 aliphatic carbocycles. The third-order valence-electron chi connectivity index (χ3n) is 4.63. The van der Waals surface area contributed by atoms with Crippen LogP contribution >= 0.6 is 0 Å². The fourth-order valence-electron chi connectivity index (χ4n) is 3.23. The van der Waals surface area contributed by atoms with Gasteiger partial charge in [-0.1, -0.05) is 0 Å². The third-order valence-corrected chi connectivity index (χ3v) is 4.63. The van der Waals surface area contributed by atoms with Gasteiger partial charge in [0.2, 0.25) is 5.91 Å². The predicted molar refractivity (Wildman–Crippen MR) is 85.0 cm³/mol. The molecule has 2 aliphatic heterocycles. The molecular weight excluding hydrogens is 370 g/mol. The van der Waals surface area contributed by atoms with E-state index in [1.807, 2.05) is 0 Å². The van der Waals surface area contributed by atoms with Crippen LogP contribution in [0.25, 0.3) is 0 Å². The first-order chi connectivity index (χ1) is 12.7. The van der Waals surface area contributed by atoms with E-state index in [-0.39, 0.29) is 0 Å². The highest BCUT2D eigenvalue weighted by Gasteiger charge is 2.51. The van der Waals surface area contributed by atoms with Gasteiger partial charge in [0, 0.05) is 14.0 Å². The summed E-state index contributed by atoms with van der Waals surface area (Å²) in [6.45, 7) is -0.0576. The molecule has 0 aromatic carbocycles. The summed E-state index contributed by atoms with van der Waals surface area (Å²) in [6.07, 6.45) is -12.3. The number of hydrogen-bond acceptors (Lipinski definition) is 11.